The van der Waals surface area contributed by atoms with E-state index in [4.69, 9.17) is 4.42 Å². The van der Waals surface area contributed by atoms with E-state index in [9.17, 15) is 0 Å². The van der Waals surface area contributed by atoms with Crippen LogP contribution in [0.2, 0.25) is 0 Å². The molecule has 0 radical (unpaired) electrons. The first kappa shape index (κ1) is 26.1. The Balaban J connectivity index is 1.25. The van der Waals surface area contributed by atoms with Crippen molar-refractivity contribution in [3.8, 4) is 33.4 Å². The van der Waals surface area contributed by atoms with Crippen LogP contribution in [0.5, 0.6) is 0 Å². The summed E-state index contributed by atoms with van der Waals surface area (Å²) in [5.74, 6) is 0. The molecule has 10 rings (SSSR count). The van der Waals surface area contributed by atoms with E-state index in [-0.39, 0.29) is 0 Å². The van der Waals surface area contributed by atoms with E-state index in [1.54, 1.807) is 0 Å². The van der Waals surface area contributed by atoms with Crippen LogP contribution in [-0.2, 0) is 0 Å². The van der Waals surface area contributed by atoms with Gasteiger partial charge in [-0.25, -0.2) is 0 Å². The second-order valence-electron chi connectivity index (χ2n) is 12.5. The fraction of sp³-hybridized carbons (Fsp3) is 0. The molecule has 0 saturated heterocycles. The van der Waals surface area contributed by atoms with E-state index in [0.717, 1.165) is 21.9 Å². The first-order valence-corrected chi connectivity index (χ1v) is 16.2. The van der Waals surface area contributed by atoms with Crippen molar-refractivity contribution in [1.82, 2.24) is 0 Å². The second-order valence-corrected chi connectivity index (χ2v) is 12.5. The van der Waals surface area contributed by atoms with Crippen LogP contribution in [0, 0.1) is 0 Å². The van der Waals surface area contributed by atoms with E-state index < -0.39 is 0 Å². The molecule has 47 heavy (non-hydrogen) atoms. The van der Waals surface area contributed by atoms with Crippen LogP contribution < -0.4 is 0 Å². The molecule has 0 aliphatic heterocycles. The number of fused-ring (bicyclic) bond motifs is 7. The molecule has 0 aliphatic rings. The fourth-order valence-corrected chi connectivity index (χ4v) is 7.65. The molecule has 0 atom stereocenters. The zero-order valence-electron chi connectivity index (χ0n) is 25.6. The van der Waals surface area contributed by atoms with Gasteiger partial charge in [0.15, 0.2) is 0 Å². The van der Waals surface area contributed by atoms with Crippen LogP contribution >= 0.6 is 0 Å². The van der Waals surface area contributed by atoms with Gasteiger partial charge < -0.3 is 4.42 Å². The van der Waals surface area contributed by atoms with Crippen molar-refractivity contribution >= 4 is 65.0 Å². The zero-order chi connectivity index (χ0) is 30.9. The van der Waals surface area contributed by atoms with Crippen LogP contribution in [0.15, 0.2) is 174 Å². The molecule has 0 fully saturated rings. The predicted octanol–water partition coefficient (Wildman–Crippen LogP) is 13.2. The van der Waals surface area contributed by atoms with Gasteiger partial charge in [-0.1, -0.05) is 140 Å². The number of hydrogen-bond acceptors (Lipinski definition) is 1. The Morgan fingerprint density at radius 2 is 0.809 bits per heavy atom. The molecule has 0 saturated carbocycles. The largest absolute Gasteiger partial charge is 0.456 e. The fourth-order valence-electron chi connectivity index (χ4n) is 7.65. The first-order valence-electron chi connectivity index (χ1n) is 16.2. The minimum Gasteiger partial charge on any atom is -0.456 e. The van der Waals surface area contributed by atoms with Crippen molar-refractivity contribution in [2.45, 2.75) is 0 Å². The Bertz CT molecular complexity index is 2800. The van der Waals surface area contributed by atoms with Gasteiger partial charge in [0.1, 0.15) is 11.2 Å². The maximum atomic E-state index is 6.20. The van der Waals surface area contributed by atoms with Crippen LogP contribution in [0.25, 0.3) is 98.4 Å². The normalized spacial score (nSPS) is 11.8. The molecule has 0 aliphatic carbocycles. The summed E-state index contributed by atoms with van der Waals surface area (Å²) in [6.07, 6.45) is 0. The summed E-state index contributed by atoms with van der Waals surface area (Å²) >= 11 is 0. The van der Waals surface area contributed by atoms with Gasteiger partial charge in [-0.15, -0.1) is 0 Å². The highest BCUT2D eigenvalue weighted by Gasteiger charge is 2.19. The molecule has 0 spiro atoms. The molecular formula is C46H28O. The van der Waals surface area contributed by atoms with Crippen molar-refractivity contribution in [2.75, 3.05) is 0 Å². The Morgan fingerprint density at radius 1 is 0.277 bits per heavy atom. The topological polar surface area (TPSA) is 13.1 Å². The number of rotatable bonds is 3. The highest BCUT2D eigenvalue weighted by atomic mass is 16.3. The maximum absolute atomic E-state index is 6.20. The average molecular weight is 597 g/mol. The third kappa shape index (κ3) is 4.03. The van der Waals surface area contributed by atoms with E-state index in [1.807, 2.05) is 12.1 Å². The van der Waals surface area contributed by atoms with E-state index >= 15 is 0 Å². The van der Waals surface area contributed by atoms with Gasteiger partial charge >= 0.3 is 0 Å². The minimum atomic E-state index is 0.915. The molecule has 1 aromatic heterocycles. The molecular weight excluding hydrogens is 569 g/mol. The Labute approximate surface area is 271 Å². The molecule has 218 valence electrons. The van der Waals surface area contributed by atoms with Crippen LogP contribution in [0.1, 0.15) is 0 Å². The lowest BCUT2D eigenvalue weighted by Gasteiger charge is -2.19. The van der Waals surface area contributed by atoms with Gasteiger partial charge in [0.05, 0.1) is 0 Å². The van der Waals surface area contributed by atoms with Gasteiger partial charge in [0.25, 0.3) is 0 Å². The standard InChI is InChI=1S/C46H28O/c1-2-11-31-26-32(22-20-29(31)10-1)33-23-21-30-12-9-18-40(41(30)27-33)46-38-16-5-3-14-36(38)45(37-15-4-6-17-39(37)46)34-24-25-44-42(28-34)35-13-7-8-19-43(35)47-44/h1-28H. The van der Waals surface area contributed by atoms with Crippen LogP contribution in [-0.4, -0.2) is 0 Å². The summed E-state index contributed by atoms with van der Waals surface area (Å²) in [6, 6.07) is 61.7. The molecule has 0 amide bonds. The summed E-state index contributed by atoms with van der Waals surface area (Å²) in [4.78, 5) is 0. The van der Waals surface area contributed by atoms with E-state index in [1.165, 1.54) is 76.5 Å². The predicted molar refractivity (Wildman–Crippen MR) is 200 cm³/mol. The molecule has 0 N–H and O–H groups in total. The maximum Gasteiger partial charge on any atom is 0.135 e. The second kappa shape index (κ2) is 10.2. The molecule has 10 aromatic rings. The molecule has 0 bridgehead atoms. The Morgan fingerprint density at radius 3 is 1.57 bits per heavy atom. The summed E-state index contributed by atoms with van der Waals surface area (Å²) in [7, 11) is 0. The minimum absolute atomic E-state index is 0.915. The first-order chi connectivity index (χ1) is 23.3. The summed E-state index contributed by atoms with van der Waals surface area (Å²) in [5.41, 5.74) is 9.26. The lowest BCUT2D eigenvalue weighted by Crippen LogP contribution is -1.92. The van der Waals surface area contributed by atoms with Gasteiger partial charge in [0, 0.05) is 10.8 Å². The molecule has 1 heteroatoms. The van der Waals surface area contributed by atoms with E-state index in [2.05, 4.69) is 158 Å². The monoisotopic (exact) mass is 596 g/mol. The van der Waals surface area contributed by atoms with Gasteiger partial charge in [0.2, 0.25) is 0 Å². The smallest absolute Gasteiger partial charge is 0.135 e. The van der Waals surface area contributed by atoms with E-state index in [0.29, 0.717) is 0 Å². The van der Waals surface area contributed by atoms with Gasteiger partial charge in [-0.3, -0.25) is 0 Å². The van der Waals surface area contributed by atoms with Crippen LogP contribution in [0.4, 0.5) is 0 Å². The van der Waals surface area contributed by atoms with Crippen molar-refractivity contribution in [3.63, 3.8) is 0 Å². The number of benzene rings is 9. The zero-order valence-corrected chi connectivity index (χ0v) is 25.6. The van der Waals surface area contributed by atoms with Crippen molar-refractivity contribution in [2.24, 2.45) is 0 Å². The summed E-state index contributed by atoms with van der Waals surface area (Å²) in [5, 5.41) is 12.3. The summed E-state index contributed by atoms with van der Waals surface area (Å²) in [6.45, 7) is 0. The molecule has 9 aromatic carbocycles. The SMILES string of the molecule is c1ccc2cc(-c3ccc4cccc(-c5c6ccccc6c(-c6ccc7oc8ccccc8c7c6)c6ccccc56)c4c3)ccc2c1. The molecule has 0 unspecified atom stereocenters. The quantitative estimate of drug-likeness (QED) is 0.185. The van der Waals surface area contributed by atoms with Crippen molar-refractivity contribution in [3.05, 3.63) is 170 Å². The number of hydrogen-bond donors (Lipinski definition) is 0. The Kier molecular flexibility index (Phi) is 5.64. The highest BCUT2D eigenvalue weighted by Crippen LogP contribution is 2.46. The molecule has 1 nitrogen and oxygen atoms in total. The Hall–Kier alpha value is -6.18. The lowest BCUT2D eigenvalue weighted by atomic mass is 9.84. The lowest BCUT2D eigenvalue weighted by molar-refractivity contribution is 0.669. The average Bonchev–Trinajstić information content (AvgIpc) is 3.51. The van der Waals surface area contributed by atoms with Crippen molar-refractivity contribution in [1.29, 1.82) is 0 Å². The highest BCUT2D eigenvalue weighted by molar-refractivity contribution is 6.24. The van der Waals surface area contributed by atoms with Gasteiger partial charge in [-0.05, 0) is 107 Å². The van der Waals surface area contributed by atoms with Gasteiger partial charge in [-0.2, -0.15) is 0 Å². The van der Waals surface area contributed by atoms with Crippen molar-refractivity contribution < 1.29 is 4.42 Å². The third-order valence-corrected chi connectivity index (χ3v) is 9.83. The summed E-state index contributed by atoms with van der Waals surface area (Å²) < 4.78 is 6.20. The van der Waals surface area contributed by atoms with Crippen LogP contribution in [0.3, 0.4) is 0 Å². The molecule has 1 heterocycles. The number of para-hydroxylation sites is 1. The number of furan rings is 1. The third-order valence-electron chi connectivity index (χ3n) is 9.83.